The summed E-state index contributed by atoms with van der Waals surface area (Å²) in [6.07, 6.45) is 32.7. The van der Waals surface area contributed by atoms with E-state index < -0.39 is 80.7 Å². The molecule has 0 saturated carbocycles. The molecule has 412 valence electrons. The molecule has 14 heteroatoms. The van der Waals surface area contributed by atoms with Crippen LogP contribution >= 0.6 is 0 Å². The number of hydrogen-bond donors (Lipinski definition) is 7. The van der Waals surface area contributed by atoms with E-state index in [9.17, 15) is 40.5 Å². The number of carbonyl (C=O) groups is 1. The van der Waals surface area contributed by atoms with Gasteiger partial charge in [0.05, 0.1) is 26.4 Å². The van der Waals surface area contributed by atoms with Gasteiger partial charge in [0.2, 0.25) is 0 Å². The molecule has 70 heavy (non-hydrogen) atoms. The first-order valence-electron chi connectivity index (χ1n) is 28.4. The molecule has 2 aliphatic rings. The van der Waals surface area contributed by atoms with Crippen molar-refractivity contribution in [1.82, 2.24) is 0 Å². The van der Waals surface area contributed by atoms with E-state index in [4.69, 9.17) is 28.4 Å². The molecule has 0 spiro atoms. The predicted octanol–water partition coefficient (Wildman–Crippen LogP) is 9.58. The third-order valence-electron chi connectivity index (χ3n) is 13.7. The highest BCUT2D eigenvalue weighted by Gasteiger charge is 2.47. The number of carbonyl (C=O) groups excluding carboxylic acids is 1. The molecule has 7 N–H and O–H groups in total. The van der Waals surface area contributed by atoms with Gasteiger partial charge in [-0.25, -0.2) is 0 Å². The molecule has 0 aromatic carbocycles. The van der Waals surface area contributed by atoms with E-state index in [2.05, 4.69) is 38.2 Å². The largest absolute Gasteiger partial charge is 0.457 e. The maximum atomic E-state index is 13.0. The van der Waals surface area contributed by atoms with Crippen LogP contribution in [-0.4, -0.2) is 142 Å². The Morgan fingerprint density at radius 2 is 0.871 bits per heavy atom. The maximum Gasteiger partial charge on any atom is 0.306 e. The van der Waals surface area contributed by atoms with Crippen molar-refractivity contribution in [1.29, 1.82) is 0 Å². The van der Waals surface area contributed by atoms with Gasteiger partial charge in [0.15, 0.2) is 12.6 Å². The quantitative estimate of drug-likeness (QED) is 0.0172. The Kier molecular flexibility index (Phi) is 40.4. The van der Waals surface area contributed by atoms with E-state index in [1.54, 1.807) is 0 Å². The average Bonchev–Trinajstić information content (AvgIpc) is 3.36. The molecule has 0 amide bonds. The smallest absolute Gasteiger partial charge is 0.306 e. The molecule has 2 aliphatic heterocycles. The summed E-state index contributed by atoms with van der Waals surface area (Å²) < 4.78 is 34.3. The Morgan fingerprint density at radius 1 is 0.457 bits per heavy atom. The fourth-order valence-electron chi connectivity index (χ4n) is 9.05. The average molecular weight is 1000 g/mol. The van der Waals surface area contributed by atoms with Crippen molar-refractivity contribution in [3.8, 4) is 0 Å². The van der Waals surface area contributed by atoms with Gasteiger partial charge in [-0.1, -0.05) is 186 Å². The van der Waals surface area contributed by atoms with Gasteiger partial charge in [-0.15, -0.1) is 0 Å². The van der Waals surface area contributed by atoms with E-state index >= 15 is 0 Å². The Labute approximate surface area is 424 Å². The zero-order valence-corrected chi connectivity index (χ0v) is 44.0. The van der Waals surface area contributed by atoms with Gasteiger partial charge < -0.3 is 64.2 Å². The molecule has 0 aromatic heterocycles. The van der Waals surface area contributed by atoms with Gasteiger partial charge in [0.1, 0.15) is 54.9 Å². The summed E-state index contributed by atoms with van der Waals surface area (Å²) in [4.78, 5) is 13.0. The van der Waals surface area contributed by atoms with Crippen molar-refractivity contribution in [3.63, 3.8) is 0 Å². The molecule has 11 unspecified atom stereocenters. The van der Waals surface area contributed by atoms with E-state index in [0.717, 1.165) is 64.2 Å². The molecule has 0 aromatic rings. The normalized spacial score (nSPS) is 25.6. The lowest BCUT2D eigenvalue weighted by molar-refractivity contribution is -0.332. The van der Waals surface area contributed by atoms with Gasteiger partial charge >= 0.3 is 5.97 Å². The van der Waals surface area contributed by atoms with Crippen molar-refractivity contribution in [2.45, 2.75) is 293 Å². The second kappa shape index (κ2) is 43.8. The Balaban J connectivity index is 1.64. The summed E-state index contributed by atoms with van der Waals surface area (Å²) in [5.41, 5.74) is 0. The molecular weight excluding hydrogens is 897 g/mol. The summed E-state index contributed by atoms with van der Waals surface area (Å²) >= 11 is 0. The van der Waals surface area contributed by atoms with Crippen LogP contribution in [0.5, 0.6) is 0 Å². The minimum Gasteiger partial charge on any atom is -0.457 e. The molecule has 0 radical (unpaired) electrons. The summed E-state index contributed by atoms with van der Waals surface area (Å²) in [5, 5.41) is 72.1. The molecule has 0 bridgehead atoms. The predicted molar refractivity (Wildman–Crippen MR) is 275 cm³/mol. The van der Waals surface area contributed by atoms with Crippen LogP contribution in [-0.2, 0) is 33.2 Å². The molecular formula is C56H104O14. The summed E-state index contributed by atoms with van der Waals surface area (Å²) in [6, 6.07) is 0. The van der Waals surface area contributed by atoms with Crippen LogP contribution < -0.4 is 0 Å². The zero-order valence-electron chi connectivity index (χ0n) is 44.0. The first-order chi connectivity index (χ1) is 34.1. The highest BCUT2D eigenvalue weighted by atomic mass is 16.7. The standard InChI is InChI=1S/C56H104O14/c1-3-5-7-9-11-13-15-16-17-18-19-20-21-22-23-24-25-26-27-28-29-30-32-34-36-38-40-65-42-45(68-48(58)39-37-35-33-31-14-12-10-8-6-4-2)43-66-55-54(64)52(62)50(60)47(70-55)44-67-56-53(63)51(61)49(59)46(41-57)69-56/h8,10,18-19,45-47,49-57,59-64H,3-7,9,11-17,20-44H2,1-2H3/b10-8-,19-18-. The van der Waals surface area contributed by atoms with Gasteiger partial charge in [-0.3, -0.25) is 4.79 Å². The Bertz CT molecular complexity index is 1250. The molecule has 2 fully saturated rings. The monoisotopic (exact) mass is 1000 g/mol. The number of esters is 1. The van der Waals surface area contributed by atoms with E-state index in [-0.39, 0.29) is 25.6 Å². The van der Waals surface area contributed by atoms with Crippen molar-refractivity contribution in [3.05, 3.63) is 24.3 Å². The number of rotatable bonds is 46. The minimum absolute atomic E-state index is 0.0612. The third kappa shape index (κ3) is 30.6. The minimum atomic E-state index is -1.71. The number of aliphatic hydroxyl groups excluding tert-OH is 7. The number of hydrogen-bond acceptors (Lipinski definition) is 14. The lowest BCUT2D eigenvalue weighted by Crippen LogP contribution is -2.61. The van der Waals surface area contributed by atoms with Crippen LogP contribution in [0.3, 0.4) is 0 Å². The zero-order chi connectivity index (χ0) is 50.9. The highest BCUT2D eigenvalue weighted by molar-refractivity contribution is 5.69. The van der Waals surface area contributed by atoms with Crippen molar-refractivity contribution in [2.75, 3.05) is 33.0 Å². The third-order valence-corrected chi connectivity index (χ3v) is 13.7. The molecule has 2 heterocycles. The summed E-state index contributed by atoms with van der Waals surface area (Å²) in [6.45, 7) is 3.64. The first kappa shape index (κ1) is 64.6. The van der Waals surface area contributed by atoms with Crippen molar-refractivity contribution in [2.24, 2.45) is 0 Å². The molecule has 0 aliphatic carbocycles. The number of allylic oxidation sites excluding steroid dienone is 4. The fourth-order valence-corrected chi connectivity index (χ4v) is 9.05. The van der Waals surface area contributed by atoms with Gasteiger partial charge in [0.25, 0.3) is 0 Å². The number of aliphatic hydroxyl groups is 7. The SMILES string of the molecule is CCC/C=C\CCCCCCCC(=O)OC(COCCCCCCCCCCCCCCCC/C=C\CCCCCCCCCC)COC1OC(COC2OC(CO)C(O)C(O)C2O)C(O)C(O)C1O. The topological polar surface area (TPSA) is 214 Å². The number of unbranched alkanes of at least 4 members (excludes halogenated alkanes) is 28. The summed E-state index contributed by atoms with van der Waals surface area (Å²) in [7, 11) is 0. The van der Waals surface area contributed by atoms with Crippen LogP contribution in [0, 0.1) is 0 Å². The van der Waals surface area contributed by atoms with Crippen LogP contribution in [0.2, 0.25) is 0 Å². The first-order valence-corrected chi connectivity index (χ1v) is 28.4. The molecule has 11 atom stereocenters. The van der Waals surface area contributed by atoms with Crippen molar-refractivity contribution < 1.29 is 69.0 Å². The fraction of sp³-hybridized carbons (Fsp3) is 0.911. The van der Waals surface area contributed by atoms with Gasteiger partial charge in [0, 0.05) is 13.0 Å². The van der Waals surface area contributed by atoms with Crippen LogP contribution in [0.1, 0.15) is 226 Å². The Morgan fingerprint density at radius 3 is 1.36 bits per heavy atom. The van der Waals surface area contributed by atoms with Crippen LogP contribution in [0.15, 0.2) is 24.3 Å². The Hall–Kier alpha value is -1.53. The van der Waals surface area contributed by atoms with Gasteiger partial charge in [-0.05, 0) is 57.8 Å². The second-order valence-electron chi connectivity index (χ2n) is 20.1. The van der Waals surface area contributed by atoms with E-state index in [1.807, 2.05) is 0 Å². The van der Waals surface area contributed by atoms with Crippen LogP contribution in [0.4, 0.5) is 0 Å². The summed E-state index contributed by atoms with van der Waals surface area (Å²) in [5.74, 6) is -0.385. The maximum absolute atomic E-state index is 13.0. The molecule has 2 saturated heterocycles. The molecule has 2 rings (SSSR count). The van der Waals surface area contributed by atoms with Crippen LogP contribution in [0.25, 0.3) is 0 Å². The van der Waals surface area contributed by atoms with Crippen molar-refractivity contribution >= 4 is 5.97 Å². The lowest BCUT2D eigenvalue weighted by Gasteiger charge is -2.42. The second-order valence-corrected chi connectivity index (χ2v) is 20.1. The lowest BCUT2D eigenvalue weighted by atomic mass is 9.98. The highest BCUT2D eigenvalue weighted by Crippen LogP contribution is 2.27. The van der Waals surface area contributed by atoms with E-state index in [0.29, 0.717) is 13.0 Å². The van der Waals surface area contributed by atoms with E-state index in [1.165, 1.54) is 135 Å². The number of ether oxygens (including phenoxy) is 6. The van der Waals surface area contributed by atoms with Gasteiger partial charge in [-0.2, -0.15) is 0 Å². The molecule has 14 nitrogen and oxygen atoms in total.